The first-order chi connectivity index (χ1) is 16.2. The van der Waals surface area contributed by atoms with Crippen LogP contribution >= 0.6 is 23.1 Å². The third kappa shape index (κ3) is 3.49. The predicted molar refractivity (Wildman–Crippen MR) is 124 cm³/mol. The van der Waals surface area contributed by atoms with Gasteiger partial charge in [0.25, 0.3) is 0 Å². The normalized spacial score (nSPS) is 14.2. The highest BCUT2D eigenvalue weighted by Gasteiger charge is 2.35. The molecule has 0 N–H and O–H groups in total. The molecule has 158 valence electrons. The van der Waals surface area contributed by atoms with Gasteiger partial charge in [0.15, 0.2) is 11.4 Å². The van der Waals surface area contributed by atoms with Gasteiger partial charge < -0.3 is 5.11 Å². The molecule has 0 spiro atoms. The Labute approximate surface area is 197 Å². The zero-order valence-corrected chi connectivity index (χ0v) is 18.7. The molecule has 0 unspecified atom stereocenters. The fraction of sp³-hybridized carbons (Fsp3) is 0. The van der Waals surface area contributed by atoms with Gasteiger partial charge >= 0.3 is 16.0 Å². The zero-order chi connectivity index (χ0) is 22.4. The number of rotatable bonds is 3. The van der Waals surface area contributed by atoms with Gasteiger partial charge in [-0.1, -0.05) is 60.7 Å². The van der Waals surface area contributed by atoms with Crippen molar-refractivity contribution in [2.75, 3.05) is 0 Å². The lowest BCUT2D eigenvalue weighted by atomic mass is 10.1. The van der Waals surface area contributed by atoms with Crippen molar-refractivity contribution in [3.63, 3.8) is 0 Å². The summed E-state index contributed by atoms with van der Waals surface area (Å²) in [5.74, 6) is -0.385. The number of thiazole rings is 1. The minimum atomic E-state index is -0.193. The molecule has 0 amide bonds. The highest BCUT2D eigenvalue weighted by atomic mass is 32.2. The van der Waals surface area contributed by atoms with Crippen molar-refractivity contribution in [1.82, 2.24) is 9.97 Å². The highest BCUT2D eigenvalue weighted by Crippen LogP contribution is 2.34. The summed E-state index contributed by atoms with van der Waals surface area (Å²) >= 11 is 2.54. The van der Waals surface area contributed by atoms with Crippen LogP contribution in [-0.4, -0.2) is 15.9 Å². The molecule has 0 saturated heterocycles. The largest absolute Gasteiger partial charge is 0.841 e. The molecule has 4 heterocycles. The van der Waals surface area contributed by atoms with Crippen LogP contribution in [0.4, 0.5) is 0 Å². The lowest BCUT2D eigenvalue weighted by Gasteiger charge is -2.00. The van der Waals surface area contributed by atoms with Crippen molar-refractivity contribution < 1.29 is 18.9 Å². The van der Waals surface area contributed by atoms with Gasteiger partial charge in [-0.15, -0.1) is 0 Å². The Kier molecular flexibility index (Phi) is 4.74. The summed E-state index contributed by atoms with van der Waals surface area (Å²) in [5.41, 5.74) is 3.55. The Balaban J connectivity index is 1.36. The van der Waals surface area contributed by atoms with Gasteiger partial charge in [-0.25, -0.2) is 4.79 Å². The van der Waals surface area contributed by atoms with Crippen molar-refractivity contribution >= 4 is 40.0 Å². The van der Waals surface area contributed by atoms with Crippen LogP contribution in [0, 0.1) is 0 Å². The van der Waals surface area contributed by atoms with Crippen LogP contribution in [0.5, 0.6) is 5.88 Å². The second kappa shape index (κ2) is 7.91. The van der Waals surface area contributed by atoms with Gasteiger partial charge in [0.05, 0.1) is 10.8 Å². The number of carbonyl (C=O) groups excluding carboxylic acids is 1. The van der Waals surface area contributed by atoms with Crippen molar-refractivity contribution in [1.29, 1.82) is 0 Å². The molecule has 8 heteroatoms. The number of hydrogen-bond donors (Lipinski definition) is 0. The van der Waals surface area contributed by atoms with Gasteiger partial charge in [0.1, 0.15) is 17.3 Å². The molecule has 6 nitrogen and oxygen atoms in total. The summed E-state index contributed by atoms with van der Waals surface area (Å²) in [4.78, 5) is 23.7. The molecule has 0 fully saturated rings. The predicted octanol–water partition coefficient (Wildman–Crippen LogP) is 3.76. The first kappa shape index (κ1) is 19.8. The van der Waals surface area contributed by atoms with Crippen LogP contribution in [0.2, 0.25) is 0 Å². The molecule has 0 saturated carbocycles. The second-order valence-electron chi connectivity index (χ2n) is 7.35. The van der Waals surface area contributed by atoms with E-state index in [1.165, 1.54) is 32.1 Å². The summed E-state index contributed by atoms with van der Waals surface area (Å²) in [6.45, 7) is 0. The number of thioether (sulfide) groups is 1. The van der Waals surface area contributed by atoms with Crippen molar-refractivity contribution in [3.05, 3.63) is 95.0 Å². The maximum absolute atomic E-state index is 12.9. The van der Waals surface area contributed by atoms with E-state index in [0.717, 1.165) is 22.5 Å². The minimum Gasteiger partial charge on any atom is -0.841 e. The maximum atomic E-state index is 12.9. The molecule has 5 aromatic rings. The van der Waals surface area contributed by atoms with Crippen LogP contribution in [0.1, 0.15) is 9.67 Å². The van der Waals surface area contributed by atoms with Gasteiger partial charge in [-0.3, -0.25) is 0 Å². The molecular weight excluding hydrogens is 452 g/mol. The van der Waals surface area contributed by atoms with Gasteiger partial charge in [-0.05, 0) is 27.4 Å². The number of benzene rings is 2. The van der Waals surface area contributed by atoms with Crippen LogP contribution < -0.4 is 14.1 Å². The molecule has 0 atom stereocenters. The third-order valence-electron chi connectivity index (χ3n) is 5.27. The second-order valence-corrected chi connectivity index (χ2v) is 9.37. The average Bonchev–Trinajstić information content (AvgIpc) is 3.35. The Morgan fingerprint density at radius 1 is 0.818 bits per heavy atom. The summed E-state index contributed by atoms with van der Waals surface area (Å²) < 4.78 is 3.03. The fourth-order valence-corrected chi connectivity index (χ4v) is 5.59. The lowest BCUT2D eigenvalue weighted by Crippen LogP contribution is -2.40. The van der Waals surface area contributed by atoms with Crippen LogP contribution in [0.15, 0.2) is 95.3 Å². The van der Waals surface area contributed by atoms with E-state index in [0.29, 0.717) is 19.9 Å². The van der Waals surface area contributed by atoms with Gasteiger partial charge in [-0.2, -0.15) is 8.97 Å². The third-order valence-corrected chi connectivity index (χ3v) is 7.24. The van der Waals surface area contributed by atoms with Crippen LogP contribution in [0.3, 0.4) is 0 Å². The Bertz CT molecular complexity index is 1560. The SMILES string of the molecule is O=C1C(=Cc2sc3nc(-c4ccccc4)cc[n+]3c2[O-])Sc2nc(-c3ccccc3)cc[n+]21. The summed E-state index contributed by atoms with van der Waals surface area (Å²) in [7, 11) is 0. The van der Waals surface area contributed by atoms with Gasteiger partial charge in [0, 0.05) is 35.0 Å². The molecule has 33 heavy (non-hydrogen) atoms. The Hall–Kier alpha value is -3.88. The maximum Gasteiger partial charge on any atom is 0.387 e. The van der Waals surface area contributed by atoms with Crippen molar-refractivity contribution in [2.45, 2.75) is 5.16 Å². The smallest absolute Gasteiger partial charge is 0.387 e. The first-order valence-corrected chi connectivity index (χ1v) is 11.8. The number of carbonyl (C=O) groups is 1. The Morgan fingerprint density at radius 2 is 1.45 bits per heavy atom. The van der Waals surface area contributed by atoms with Crippen LogP contribution in [0.25, 0.3) is 33.6 Å². The molecule has 3 aromatic heterocycles. The Morgan fingerprint density at radius 3 is 2.15 bits per heavy atom. The molecule has 1 aliphatic rings. The number of fused-ring (bicyclic) bond motifs is 2. The summed E-state index contributed by atoms with van der Waals surface area (Å²) in [6.07, 6.45) is 5.10. The molecule has 2 aromatic carbocycles. The highest BCUT2D eigenvalue weighted by molar-refractivity contribution is 8.04. The van der Waals surface area contributed by atoms with E-state index in [1.807, 2.05) is 72.8 Å². The molecule has 6 rings (SSSR count). The standard InChI is InChI=1S/C25H15N4O2S2/c30-22-20(32-24-26-18(11-13-28(22)24)16-7-3-1-4-8-16)15-21-23(31)29-14-12-19(27-25(29)33-21)17-9-5-2-6-10-17/h1-15H/q+1. The molecule has 0 bridgehead atoms. The van der Waals surface area contributed by atoms with E-state index in [9.17, 15) is 9.90 Å². The van der Waals surface area contributed by atoms with E-state index in [2.05, 4.69) is 9.97 Å². The first-order valence-electron chi connectivity index (χ1n) is 10.2. The summed E-state index contributed by atoms with van der Waals surface area (Å²) in [6, 6.07) is 23.3. The zero-order valence-electron chi connectivity index (χ0n) is 17.1. The van der Waals surface area contributed by atoms with E-state index in [-0.39, 0.29) is 11.8 Å². The summed E-state index contributed by atoms with van der Waals surface area (Å²) in [5, 5.41) is 13.5. The monoisotopic (exact) mass is 467 g/mol. The van der Waals surface area contributed by atoms with Crippen molar-refractivity contribution in [3.8, 4) is 28.4 Å². The molecule has 0 radical (unpaired) electrons. The molecule has 1 aliphatic heterocycles. The number of hydrogen-bond acceptors (Lipinski definition) is 6. The van der Waals surface area contributed by atoms with Gasteiger partial charge in [0.2, 0.25) is 0 Å². The van der Waals surface area contributed by atoms with E-state index >= 15 is 0 Å². The van der Waals surface area contributed by atoms with E-state index < -0.39 is 0 Å². The van der Waals surface area contributed by atoms with E-state index in [4.69, 9.17) is 0 Å². The lowest BCUT2D eigenvalue weighted by molar-refractivity contribution is -0.612. The topological polar surface area (TPSA) is 73.9 Å². The molecule has 0 aliphatic carbocycles. The fourth-order valence-electron chi connectivity index (χ4n) is 3.62. The number of aromatic nitrogens is 4. The van der Waals surface area contributed by atoms with E-state index in [1.54, 1.807) is 18.5 Å². The van der Waals surface area contributed by atoms with Crippen molar-refractivity contribution in [2.24, 2.45) is 0 Å². The minimum absolute atomic E-state index is 0.193. The van der Waals surface area contributed by atoms with Crippen LogP contribution in [-0.2, 0) is 0 Å². The quantitative estimate of drug-likeness (QED) is 0.230. The average molecular weight is 468 g/mol. The number of allylic oxidation sites excluding steroid dienone is 1. The molecular formula is C25H15N4O2S2+. The number of nitrogens with zero attached hydrogens (tertiary/aromatic N) is 4.